The molecule has 0 aliphatic carbocycles. The number of methoxy groups -OCH3 is 1. The molecule has 0 aliphatic rings. The van der Waals surface area contributed by atoms with Gasteiger partial charge in [-0.1, -0.05) is 53.0 Å². The topological polar surface area (TPSA) is 72.5 Å². The number of hydrogen-bond donors (Lipinski definition) is 1. The Balaban J connectivity index is 2.34. The summed E-state index contributed by atoms with van der Waals surface area (Å²) >= 11 is 17.5. The van der Waals surface area contributed by atoms with Crippen molar-refractivity contribution in [2.24, 2.45) is 0 Å². The van der Waals surface area contributed by atoms with Crippen molar-refractivity contribution in [3.05, 3.63) is 60.2 Å². The first-order chi connectivity index (χ1) is 11.7. The van der Waals surface area contributed by atoms with Crippen LogP contribution in [0.15, 0.2) is 59.5 Å². The highest BCUT2D eigenvalue weighted by molar-refractivity contribution is 7.92. The number of amides is 1. The Hall–Kier alpha value is -1.47. The Kier molecular flexibility index (Phi) is 6.21. The van der Waals surface area contributed by atoms with Gasteiger partial charge in [0.15, 0.2) is 5.37 Å². The minimum atomic E-state index is -4.13. The van der Waals surface area contributed by atoms with Crippen LogP contribution in [0.3, 0.4) is 0 Å². The second-order valence-electron chi connectivity index (χ2n) is 4.98. The fourth-order valence-corrected chi connectivity index (χ4v) is 4.67. The molecule has 134 valence electrons. The number of alkyl halides is 3. The van der Waals surface area contributed by atoms with Crippen LogP contribution in [-0.4, -0.2) is 30.6 Å². The van der Waals surface area contributed by atoms with Crippen LogP contribution in [0.1, 0.15) is 10.4 Å². The van der Waals surface area contributed by atoms with E-state index in [1.54, 1.807) is 18.2 Å². The number of hydrogen-bond acceptors (Lipinski definition) is 4. The minimum absolute atomic E-state index is 0.0682. The Morgan fingerprint density at radius 2 is 1.60 bits per heavy atom. The SMILES string of the molecule is COc1ccc(C(=O)NC(C(Cl)(Cl)Cl)S(=O)(=O)c2ccccc2)cc1. The Morgan fingerprint density at radius 1 is 1.04 bits per heavy atom. The summed E-state index contributed by atoms with van der Waals surface area (Å²) in [5.74, 6) is -0.148. The molecule has 1 amide bonds. The van der Waals surface area contributed by atoms with Crippen molar-refractivity contribution < 1.29 is 17.9 Å². The van der Waals surface area contributed by atoms with E-state index in [0.717, 1.165) is 0 Å². The highest BCUT2D eigenvalue weighted by atomic mass is 35.6. The molecule has 0 aromatic heterocycles. The molecule has 2 rings (SSSR count). The van der Waals surface area contributed by atoms with Crippen molar-refractivity contribution in [3.8, 4) is 5.75 Å². The van der Waals surface area contributed by atoms with Crippen LogP contribution in [0.4, 0.5) is 0 Å². The molecule has 0 aliphatic heterocycles. The quantitative estimate of drug-likeness (QED) is 0.747. The summed E-state index contributed by atoms with van der Waals surface area (Å²) in [4.78, 5) is 12.3. The summed E-state index contributed by atoms with van der Waals surface area (Å²) in [7, 11) is -2.64. The molecule has 0 fully saturated rings. The normalized spacial score (nSPS) is 13.1. The van der Waals surface area contributed by atoms with Gasteiger partial charge in [-0.25, -0.2) is 8.42 Å². The minimum Gasteiger partial charge on any atom is -0.497 e. The summed E-state index contributed by atoms with van der Waals surface area (Å²) in [6.45, 7) is 0. The van der Waals surface area contributed by atoms with E-state index in [9.17, 15) is 13.2 Å². The molecule has 0 saturated carbocycles. The number of ether oxygens (including phenoxy) is 1. The smallest absolute Gasteiger partial charge is 0.252 e. The van der Waals surface area contributed by atoms with E-state index in [2.05, 4.69) is 5.32 Å². The molecule has 0 saturated heterocycles. The van der Waals surface area contributed by atoms with Gasteiger partial charge in [-0.2, -0.15) is 0 Å². The average Bonchev–Trinajstić information content (AvgIpc) is 2.59. The van der Waals surface area contributed by atoms with E-state index in [-0.39, 0.29) is 10.5 Å². The molecule has 2 aromatic carbocycles. The molecule has 2 aromatic rings. The van der Waals surface area contributed by atoms with Gasteiger partial charge >= 0.3 is 0 Å². The zero-order valence-corrected chi connectivity index (χ0v) is 16.0. The van der Waals surface area contributed by atoms with Crippen LogP contribution in [0.2, 0.25) is 0 Å². The number of carbonyl (C=O) groups is 1. The lowest BCUT2D eigenvalue weighted by molar-refractivity contribution is 0.0948. The maximum Gasteiger partial charge on any atom is 0.252 e. The van der Waals surface area contributed by atoms with Crippen molar-refractivity contribution in [3.63, 3.8) is 0 Å². The highest BCUT2D eigenvalue weighted by Crippen LogP contribution is 2.36. The molecule has 0 spiro atoms. The van der Waals surface area contributed by atoms with Crippen molar-refractivity contribution in [2.45, 2.75) is 14.1 Å². The number of benzene rings is 2. The Labute approximate surface area is 160 Å². The zero-order chi connectivity index (χ0) is 18.7. The molecule has 25 heavy (non-hydrogen) atoms. The second kappa shape index (κ2) is 7.83. The third kappa shape index (κ3) is 4.79. The van der Waals surface area contributed by atoms with E-state index in [1.807, 2.05) is 0 Å². The Morgan fingerprint density at radius 3 is 2.08 bits per heavy atom. The lowest BCUT2D eigenvalue weighted by Crippen LogP contribution is -2.49. The first-order valence-electron chi connectivity index (χ1n) is 6.97. The van der Waals surface area contributed by atoms with Crippen molar-refractivity contribution in [2.75, 3.05) is 7.11 Å². The molecule has 0 radical (unpaired) electrons. The Bertz CT molecular complexity index is 834. The summed E-state index contributed by atoms with van der Waals surface area (Å²) in [6, 6.07) is 13.5. The van der Waals surface area contributed by atoms with Gasteiger partial charge in [0.1, 0.15) is 5.75 Å². The van der Waals surface area contributed by atoms with Crippen LogP contribution in [0, 0.1) is 0 Å². The first kappa shape index (κ1) is 19.8. The van der Waals surface area contributed by atoms with Gasteiger partial charge in [0.25, 0.3) is 5.91 Å². The van der Waals surface area contributed by atoms with Crippen molar-refractivity contribution in [1.82, 2.24) is 5.32 Å². The maximum atomic E-state index is 12.8. The largest absolute Gasteiger partial charge is 0.497 e. The number of sulfone groups is 1. The van der Waals surface area contributed by atoms with E-state index >= 15 is 0 Å². The summed E-state index contributed by atoms with van der Waals surface area (Å²) in [6.07, 6.45) is 0. The predicted molar refractivity (Wildman–Crippen MR) is 98.2 cm³/mol. The number of rotatable bonds is 5. The fourth-order valence-electron chi connectivity index (χ4n) is 2.03. The van der Waals surface area contributed by atoms with Crippen LogP contribution in [0.25, 0.3) is 0 Å². The van der Waals surface area contributed by atoms with E-state index in [0.29, 0.717) is 5.75 Å². The van der Waals surface area contributed by atoms with E-state index in [1.165, 1.54) is 43.5 Å². The first-order valence-corrected chi connectivity index (χ1v) is 9.65. The standard InChI is InChI=1S/C16H14Cl3NO4S/c1-24-12-9-7-11(8-10-12)14(21)20-15(16(17,18)19)25(22,23)13-5-3-2-4-6-13/h2-10,15H,1H3,(H,20,21). The van der Waals surface area contributed by atoms with Crippen molar-refractivity contribution in [1.29, 1.82) is 0 Å². The van der Waals surface area contributed by atoms with Crippen molar-refractivity contribution >= 4 is 50.5 Å². The van der Waals surface area contributed by atoms with Crippen LogP contribution in [0.5, 0.6) is 5.75 Å². The molecule has 1 atom stereocenters. The van der Waals surface area contributed by atoms with E-state index < -0.39 is 24.9 Å². The molecule has 1 unspecified atom stereocenters. The second-order valence-corrected chi connectivity index (χ2v) is 9.38. The van der Waals surface area contributed by atoms with Gasteiger partial charge in [-0.05, 0) is 36.4 Å². The molecular formula is C16H14Cl3NO4S. The molecule has 0 bridgehead atoms. The summed E-state index contributed by atoms with van der Waals surface area (Å²) in [5.41, 5.74) is 0.198. The highest BCUT2D eigenvalue weighted by Gasteiger charge is 2.44. The van der Waals surface area contributed by atoms with Crippen LogP contribution < -0.4 is 10.1 Å². The average molecular weight is 423 g/mol. The van der Waals surface area contributed by atoms with Crippen LogP contribution in [-0.2, 0) is 9.84 Å². The third-order valence-corrected chi connectivity index (χ3v) is 6.36. The molecule has 0 heterocycles. The molecule has 5 nitrogen and oxygen atoms in total. The molecule has 1 N–H and O–H groups in total. The summed E-state index contributed by atoms with van der Waals surface area (Å²) in [5, 5.41) is 0.524. The van der Waals surface area contributed by atoms with Gasteiger partial charge in [0, 0.05) is 5.56 Å². The van der Waals surface area contributed by atoms with Gasteiger partial charge in [0.2, 0.25) is 13.6 Å². The van der Waals surface area contributed by atoms with Gasteiger partial charge in [0.05, 0.1) is 12.0 Å². The van der Waals surface area contributed by atoms with Gasteiger partial charge in [-0.15, -0.1) is 0 Å². The monoisotopic (exact) mass is 421 g/mol. The van der Waals surface area contributed by atoms with Crippen LogP contribution >= 0.6 is 34.8 Å². The lowest BCUT2D eigenvalue weighted by atomic mass is 10.2. The third-order valence-electron chi connectivity index (χ3n) is 3.29. The zero-order valence-electron chi connectivity index (χ0n) is 12.9. The number of carbonyl (C=O) groups excluding carboxylic acids is 1. The fraction of sp³-hybridized carbons (Fsp3) is 0.188. The maximum absolute atomic E-state index is 12.8. The van der Waals surface area contributed by atoms with Gasteiger partial charge < -0.3 is 10.1 Å². The number of nitrogens with one attached hydrogen (secondary N) is 1. The number of halogens is 3. The lowest BCUT2D eigenvalue weighted by Gasteiger charge is -2.25. The van der Waals surface area contributed by atoms with E-state index in [4.69, 9.17) is 39.5 Å². The van der Waals surface area contributed by atoms with Gasteiger partial charge in [-0.3, -0.25) is 4.79 Å². The predicted octanol–water partition coefficient (Wildman–Crippen LogP) is 3.60. The molecule has 9 heteroatoms. The molecular weight excluding hydrogens is 409 g/mol. The summed E-state index contributed by atoms with van der Waals surface area (Å²) < 4.78 is 28.3.